The predicted octanol–water partition coefficient (Wildman–Crippen LogP) is 6.07. The largest absolute Gasteiger partial charge is 0.284 e. The monoisotopic (exact) mass is 455 g/mol. The van der Waals surface area contributed by atoms with Gasteiger partial charge in [0.25, 0.3) is 11.8 Å². The van der Waals surface area contributed by atoms with Gasteiger partial charge in [0.05, 0.1) is 17.7 Å². The lowest BCUT2D eigenvalue weighted by molar-refractivity contribution is -0.00150. The second-order valence-corrected chi connectivity index (χ2v) is 10.0. The van der Waals surface area contributed by atoms with Crippen LogP contribution in [0.5, 0.6) is 0 Å². The minimum atomic E-state index is -0.617. The van der Waals surface area contributed by atoms with Crippen LogP contribution in [0, 0.1) is 13.8 Å². The first kappa shape index (κ1) is 25.9. The number of amides is 2. The Bertz CT molecular complexity index is 911. The highest BCUT2D eigenvalue weighted by Gasteiger charge is 2.38. The van der Waals surface area contributed by atoms with Crippen molar-refractivity contribution in [3.8, 4) is 0 Å². The van der Waals surface area contributed by atoms with Crippen molar-refractivity contribution in [3.63, 3.8) is 0 Å². The third-order valence-electron chi connectivity index (χ3n) is 5.16. The van der Waals surface area contributed by atoms with E-state index < -0.39 is 5.54 Å². The van der Waals surface area contributed by atoms with Crippen molar-refractivity contribution in [1.29, 1.82) is 0 Å². The summed E-state index contributed by atoms with van der Waals surface area (Å²) in [5, 5.41) is 1.60. The number of aryl methyl sites for hydroxylation is 3. The summed E-state index contributed by atoms with van der Waals surface area (Å²) in [6.07, 6.45) is 0.908. The molecule has 0 radical (unpaired) electrons. The quantitative estimate of drug-likeness (QED) is 0.375. The van der Waals surface area contributed by atoms with E-state index in [4.69, 9.17) is 0 Å². The summed E-state index contributed by atoms with van der Waals surface area (Å²) in [5.41, 5.74) is 3.73. The van der Waals surface area contributed by atoms with Crippen LogP contribution in [0.1, 0.15) is 78.9 Å². The van der Waals surface area contributed by atoms with Gasteiger partial charge in [-0.2, -0.15) is 4.41 Å². The van der Waals surface area contributed by atoms with E-state index in [0.717, 1.165) is 30.6 Å². The second kappa shape index (κ2) is 11.0. The van der Waals surface area contributed by atoms with Crippen LogP contribution in [0.3, 0.4) is 0 Å². The molecule has 0 aliphatic carbocycles. The molecule has 0 saturated heterocycles. The topological polar surface area (TPSA) is 43.9 Å². The minimum absolute atomic E-state index is 0.192. The molecule has 0 spiro atoms. The molecule has 2 amide bonds. The van der Waals surface area contributed by atoms with E-state index in [9.17, 15) is 9.59 Å². The zero-order chi connectivity index (χ0) is 24.1. The highest BCUT2D eigenvalue weighted by atomic mass is 32.2. The van der Waals surface area contributed by atoms with Gasteiger partial charge in [0.1, 0.15) is 0 Å². The van der Waals surface area contributed by atoms with E-state index in [2.05, 4.69) is 11.2 Å². The summed E-state index contributed by atoms with van der Waals surface area (Å²) in [7, 11) is 0. The molecular formula is C26H37N3O2S. The van der Waals surface area contributed by atoms with Gasteiger partial charge in [0.15, 0.2) is 0 Å². The number of hydrogen-bond acceptors (Lipinski definition) is 4. The molecule has 0 atom stereocenters. The van der Waals surface area contributed by atoms with Crippen LogP contribution in [0.25, 0.3) is 0 Å². The molecule has 0 bridgehead atoms. The van der Waals surface area contributed by atoms with Crippen molar-refractivity contribution in [2.24, 2.45) is 0 Å². The van der Waals surface area contributed by atoms with Crippen LogP contribution < -0.4 is 0 Å². The smallest absolute Gasteiger partial charge is 0.267 e. The Balaban J connectivity index is 2.58. The Labute approximate surface area is 198 Å². The van der Waals surface area contributed by atoms with Crippen LogP contribution in [-0.2, 0) is 6.42 Å². The van der Waals surface area contributed by atoms with Crippen LogP contribution in [0.2, 0.25) is 0 Å². The maximum absolute atomic E-state index is 13.8. The summed E-state index contributed by atoms with van der Waals surface area (Å²) in [6.45, 7) is 17.5. The number of hydrogen-bond donors (Lipinski definition) is 0. The molecule has 174 valence electrons. The summed E-state index contributed by atoms with van der Waals surface area (Å²) in [6, 6.07) is 13.4. The molecule has 0 aromatic heterocycles. The standard InChI is InChI=1S/C26H37N3O2S/c1-9-21-12-14-22(15-13-21)25(31)29(32-27(10-2)11-3)28(26(6,7)8)24(30)23-17-19(4)16-20(5)18-23/h12-18H,9-11H2,1-8H3. The number of hydrazine groups is 1. The van der Waals surface area contributed by atoms with E-state index in [1.165, 1.54) is 22.1 Å². The zero-order valence-electron chi connectivity index (χ0n) is 20.7. The van der Waals surface area contributed by atoms with Crippen molar-refractivity contribution in [3.05, 3.63) is 70.3 Å². The molecule has 0 heterocycles. The van der Waals surface area contributed by atoms with Gasteiger partial charge in [0.2, 0.25) is 0 Å². The zero-order valence-corrected chi connectivity index (χ0v) is 21.5. The fraction of sp³-hybridized carbons (Fsp3) is 0.462. The highest BCUT2D eigenvalue weighted by Crippen LogP contribution is 2.30. The summed E-state index contributed by atoms with van der Waals surface area (Å²) >= 11 is 1.29. The van der Waals surface area contributed by atoms with Crippen molar-refractivity contribution >= 4 is 23.9 Å². The van der Waals surface area contributed by atoms with Crippen LogP contribution in [-0.4, -0.2) is 44.2 Å². The maximum Gasteiger partial charge on any atom is 0.284 e. The molecule has 32 heavy (non-hydrogen) atoms. The number of carbonyl (C=O) groups excluding carboxylic acids is 2. The van der Waals surface area contributed by atoms with Gasteiger partial charge in [-0.25, -0.2) is 9.31 Å². The third-order valence-corrected chi connectivity index (χ3v) is 6.39. The van der Waals surface area contributed by atoms with Crippen molar-refractivity contribution < 1.29 is 9.59 Å². The first-order chi connectivity index (χ1) is 15.0. The molecule has 0 fully saturated rings. The van der Waals surface area contributed by atoms with Gasteiger partial charge >= 0.3 is 0 Å². The molecule has 6 heteroatoms. The van der Waals surface area contributed by atoms with E-state index in [1.54, 1.807) is 5.01 Å². The maximum atomic E-state index is 13.8. The van der Waals surface area contributed by atoms with Crippen molar-refractivity contribution in [2.45, 2.75) is 67.3 Å². The molecule has 2 rings (SSSR count). The molecule has 5 nitrogen and oxygen atoms in total. The number of nitrogens with zero attached hydrogens (tertiary/aromatic N) is 3. The highest BCUT2D eigenvalue weighted by molar-refractivity contribution is 7.95. The van der Waals surface area contributed by atoms with Gasteiger partial charge in [-0.15, -0.1) is 0 Å². The minimum Gasteiger partial charge on any atom is -0.267 e. The molecule has 0 aliphatic heterocycles. The molecule has 0 aliphatic rings. The van der Waals surface area contributed by atoms with E-state index >= 15 is 0 Å². The van der Waals surface area contributed by atoms with E-state index in [1.807, 2.05) is 90.9 Å². The molecular weight excluding hydrogens is 418 g/mol. The Morgan fingerprint density at radius 2 is 1.34 bits per heavy atom. The average Bonchev–Trinajstić information content (AvgIpc) is 2.74. The Morgan fingerprint density at radius 3 is 1.78 bits per heavy atom. The molecule has 0 unspecified atom stereocenters. The fourth-order valence-corrected chi connectivity index (χ4v) is 4.51. The summed E-state index contributed by atoms with van der Waals surface area (Å²) in [4.78, 5) is 27.6. The molecule has 2 aromatic rings. The van der Waals surface area contributed by atoms with Crippen molar-refractivity contribution in [1.82, 2.24) is 13.7 Å². The Morgan fingerprint density at radius 1 is 0.812 bits per heavy atom. The SMILES string of the molecule is CCc1ccc(C(=O)N(SN(CC)CC)N(C(=O)c2cc(C)cc(C)c2)C(C)(C)C)cc1. The lowest BCUT2D eigenvalue weighted by Gasteiger charge is -2.43. The lowest BCUT2D eigenvalue weighted by atomic mass is 10.0. The normalized spacial score (nSPS) is 11.5. The van der Waals surface area contributed by atoms with Gasteiger partial charge in [-0.3, -0.25) is 9.59 Å². The Kier molecular flexibility index (Phi) is 8.93. The van der Waals surface area contributed by atoms with Gasteiger partial charge in [-0.1, -0.05) is 50.1 Å². The lowest BCUT2D eigenvalue weighted by Crippen LogP contribution is -2.56. The van der Waals surface area contributed by atoms with Crippen LogP contribution >= 0.6 is 12.1 Å². The van der Waals surface area contributed by atoms with Gasteiger partial charge < -0.3 is 0 Å². The van der Waals surface area contributed by atoms with E-state index in [0.29, 0.717) is 11.1 Å². The molecule has 0 saturated carbocycles. The first-order valence-electron chi connectivity index (χ1n) is 11.3. The first-order valence-corrected chi connectivity index (χ1v) is 12.0. The second-order valence-electron chi connectivity index (χ2n) is 8.99. The molecule has 0 N–H and O–H groups in total. The van der Waals surface area contributed by atoms with Crippen molar-refractivity contribution in [2.75, 3.05) is 13.1 Å². The van der Waals surface area contributed by atoms with Crippen LogP contribution in [0.4, 0.5) is 0 Å². The third kappa shape index (κ3) is 6.36. The average molecular weight is 456 g/mol. The number of carbonyl (C=O) groups is 2. The van der Waals surface area contributed by atoms with Gasteiger partial charge in [-0.05, 0) is 70.9 Å². The number of rotatable bonds is 7. The van der Waals surface area contributed by atoms with Gasteiger partial charge in [0, 0.05) is 24.2 Å². The predicted molar refractivity (Wildman–Crippen MR) is 134 cm³/mol. The Hall–Kier alpha value is -2.31. The number of benzene rings is 2. The van der Waals surface area contributed by atoms with E-state index in [-0.39, 0.29) is 11.8 Å². The fourth-order valence-electron chi connectivity index (χ4n) is 3.49. The molecule has 2 aromatic carbocycles. The summed E-state index contributed by atoms with van der Waals surface area (Å²) < 4.78 is 3.60. The summed E-state index contributed by atoms with van der Waals surface area (Å²) in [5.74, 6) is -0.403. The van der Waals surface area contributed by atoms with Crippen LogP contribution in [0.15, 0.2) is 42.5 Å².